The third-order valence-electron chi connectivity index (χ3n) is 4.67. The third-order valence-corrected chi connectivity index (χ3v) is 4.67. The predicted octanol–water partition coefficient (Wildman–Crippen LogP) is 1.95. The van der Waals surface area contributed by atoms with Crippen LogP contribution in [0.25, 0.3) is 0 Å². The van der Waals surface area contributed by atoms with Crippen LogP contribution in [0.4, 0.5) is 0 Å². The number of hydrogen-bond donors (Lipinski definition) is 1. The largest absolute Gasteiger partial charge is 0.469 e. The molecule has 0 aromatic heterocycles. The second kappa shape index (κ2) is 5.80. The van der Waals surface area contributed by atoms with Gasteiger partial charge in [-0.1, -0.05) is 19.8 Å². The lowest BCUT2D eigenvalue weighted by atomic mass is 9.82. The average molecular weight is 269 g/mol. The minimum atomic E-state index is -0.899. The van der Waals surface area contributed by atoms with Crippen LogP contribution in [0.2, 0.25) is 0 Å². The smallest absolute Gasteiger partial charge is 0.311 e. The van der Waals surface area contributed by atoms with Gasteiger partial charge in [0.15, 0.2) is 0 Å². The van der Waals surface area contributed by atoms with Crippen molar-refractivity contribution in [3.05, 3.63) is 0 Å². The van der Waals surface area contributed by atoms with Crippen LogP contribution in [0.5, 0.6) is 0 Å². The van der Waals surface area contributed by atoms with Crippen LogP contribution in [0.15, 0.2) is 0 Å². The summed E-state index contributed by atoms with van der Waals surface area (Å²) in [6, 6.07) is 1.000. The maximum absolute atomic E-state index is 12.0. The molecule has 110 valence electrons. The molecule has 1 saturated carbocycles. The van der Waals surface area contributed by atoms with Gasteiger partial charge in [0.1, 0.15) is 0 Å². The van der Waals surface area contributed by atoms with E-state index in [4.69, 9.17) is 4.74 Å². The van der Waals surface area contributed by atoms with Crippen molar-refractivity contribution in [1.29, 1.82) is 0 Å². The first kappa shape index (κ1) is 14.8. The van der Waals surface area contributed by atoms with Crippen molar-refractivity contribution in [3.63, 3.8) is 0 Å². The molecule has 0 aromatic rings. The molecule has 3 atom stereocenters. The van der Waals surface area contributed by atoms with E-state index < -0.39 is 5.60 Å². The Balaban J connectivity index is 2.08. The quantitative estimate of drug-likeness (QED) is 0.749. The fourth-order valence-corrected chi connectivity index (χ4v) is 3.47. The van der Waals surface area contributed by atoms with Gasteiger partial charge in [0.05, 0.1) is 18.6 Å². The van der Waals surface area contributed by atoms with E-state index in [-0.39, 0.29) is 11.9 Å². The number of aliphatic hydroxyl groups is 1. The standard InChI is InChI=1S/C15H27NO3/c1-4-5-6-13(14(17)19-3)15(18)9-11(2)16(10-15)12-7-8-12/h11-13,18H,4-10H2,1-3H3. The molecule has 0 radical (unpaired) electrons. The Morgan fingerprint density at radius 1 is 1.53 bits per heavy atom. The lowest BCUT2D eigenvalue weighted by Gasteiger charge is -2.31. The first-order chi connectivity index (χ1) is 9.01. The number of carbonyl (C=O) groups excluding carboxylic acids is 1. The molecule has 1 heterocycles. The van der Waals surface area contributed by atoms with Crippen LogP contribution in [0, 0.1) is 5.92 Å². The van der Waals surface area contributed by atoms with E-state index in [1.165, 1.54) is 20.0 Å². The van der Waals surface area contributed by atoms with Crippen molar-refractivity contribution in [3.8, 4) is 0 Å². The number of β-amino-alcohol motifs (C(OH)–C–C–N with tert-alkyl or cyclic N) is 1. The Labute approximate surface area is 116 Å². The predicted molar refractivity (Wildman–Crippen MR) is 73.8 cm³/mol. The summed E-state index contributed by atoms with van der Waals surface area (Å²) in [7, 11) is 1.42. The number of ether oxygens (including phenoxy) is 1. The number of rotatable bonds is 6. The van der Waals surface area contributed by atoms with Gasteiger partial charge in [-0.15, -0.1) is 0 Å². The topological polar surface area (TPSA) is 49.8 Å². The summed E-state index contributed by atoms with van der Waals surface area (Å²) in [5.74, 6) is -0.621. The minimum absolute atomic E-state index is 0.249. The summed E-state index contributed by atoms with van der Waals surface area (Å²) in [5, 5.41) is 11.0. The van der Waals surface area contributed by atoms with Crippen LogP contribution in [-0.2, 0) is 9.53 Å². The highest BCUT2D eigenvalue weighted by atomic mass is 16.5. The van der Waals surface area contributed by atoms with Crippen molar-refractivity contribution in [2.75, 3.05) is 13.7 Å². The second-order valence-electron chi connectivity index (χ2n) is 6.28. The van der Waals surface area contributed by atoms with Crippen LogP contribution >= 0.6 is 0 Å². The first-order valence-corrected chi connectivity index (χ1v) is 7.57. The zero-order valence-corrected chi connectivity index (χ0v) is 12.4. The normalized spacial score (nSPS) is 33.4. The summed E-state index contributed by atoms with van der Waals surface area (Å²) in [5.41, 5.74) is -0.899. The molecule has 4 nitrogen and oxygen atoms in total. The maximum atomic E-state index is 12.0. The molecule has 1 saturated heterocycles. The monoisotopic (exact) mass is 269 g/mol. The molecular weight excluding hydrogens is 242 g/mol. The number of nitrogens with zero attached hydrogens (tertiary/aromatic N) is 1. The Morgan fingerprint density at radius 2 is 2.21 bits per heavy atom. The van der Waals surface area contributed by atoms with Gasteiger partial charge in [0, 0.05) is 18.6 Å². The summed E-state index contributed by atoms with van der Waals surface area (Å²) < 4.78 is 4.92. The molecule has 0 bridgehead atoms. The molecule has 0 amide bonds. The maximum Gasteiger partial charge on any atom is 0.311 e. The van der Waals surface area contributed by atoms with Crippen molar-refractivity contribution in [2.45, 2.75) is 70.1 Å². The van der Waals surface area contributed by atoms with Gasteiger partial charge in [-0.3, -0.25) is 9.69 Å². The summed E-state index contributed by atoms with van der Waals surface area (Å²) in [6.45, 7) is 4.89. The number of unbranched alkanes of at least 4 members (excludes halogenated alkanes) is 1. The van der Waals surface area contributed by atoms with Crippen LogP contribution in [-0.4, -0.2) is 47.3 Å². The van der Waals surface area contributed by atoms with E-state index in [0.29, 0.717) is 25.0 Å². The van der Waals surface area contributed by atoms with Gasteiger partial charge >= 0.3 is 5.97 Å². The fourth-order valence-electron chi connectivity index (χ4n) is 3.47. The fraction of sp³-hybridized carbons (Fsp3) is 0.933. The van der Waals surface area contributed by atoms with Gasteiger partial charge in [-0.05, 0) is 32.6 Å². The zero-order valence-electron chi connectivity index (χ0n) is 12.4. The van der Waals surface area contributed by atoms with Gasteiger partial charge in [-0.2, -0.15) is 0 Å². The SMILES string of the molecule is CCCCC(C(=O)OC)C1(O)CC(C)N(C2CC2)C1. The number of methoxy groups -OCH3 is 1. The summed E-state index contributed by atoms with van der Waals surface area (Å²) >= 11 is 0. The number of carbonyl (C=O) groups is 1. The molecular formula is C15H27NO3. The van der Waals surface area contributed by atoms with Gasteiger partial charge in [0.2, 0.25) is 0 Å². The molecule has 0 aromatic carbocycles. The molecule has 19 heavy (non-hydrogen) atoms. The molecule has 2 aliphatic rings. The highest BCUT2D eigenvalue weighted by Crippen LogP contribution is 2.41. The highest BCUT2D eigenvalue weighted by molar-refractivity contribution is 5.74. The first-order valence-electron chi connectivity index (χ1n) is 7.57. The Bertz CT molecular complexity index is 329. The van der Waals surface area contributed by atoms with Gasteiger partial charge < -0.3 is 9.84 Å². The number of likely N-dealkylation sites (tertiary alicyclic amines) is 1. The van der Waals surface area contributed by atoms with E-state index in [2.05, 4.69) is 18.7 Å². The lowest BCUT2D eigenvalue weighted by molar-refractivity contribution is -0.155. The third kappa shape index (κ3) is 3.11. The average Bonchev–Trinajstić information content (AvgIpc) is 3.16. The van der Waals surface area contributed by atoms with Gasteiger partial charge in [-0.25, -0.2) is 0 Å². The van der Waals surface area contributed by atoms with Crippen molar-refractivity contribution < 1.29 is 14.6 Å². The Morgan fingerprint density at radius 3 is 2.74 bits per heavy atom. The summed E-state index contributed by atoms with van der Waals surface area (Å²) in [4.78, 5) is 14.4. The minimum Gasteiger partial charge on any atom is -0.469 e. The molecule has 3 unspecified atom stereocenters. The molecule has 1 aliphatic carbocycles. The molecule has 1 N–H and O–H groups in total. The molecule has 2 rings (SSSR count). The number of esters is 1. The van der Waals surface area contributed by atoms with Crippen LogP contribution in [0.1, 0.15) is 52.4 Å². The number of hydrogen-bond acceptors (Lipinski definition) is 4. The van der Waals surface area contributed by atoms with E-state index in [1.54, 1.807) is 0 Å². The van der Waals surface area contributed by atoms with Crippen LogP contribution < -0.4 is 0 Å². The zero-order chi connectivity index (χ0) is 14.0. The lowest BCUT2D eigenvalue weighted by Crippen LogP contribution is -2.45. The van der Waals surface area contributed by atoms with Crippen molar-refractivity contribution >= 4 is 5.97 Å². The van der Waals surface area contributed by atoms with E-state index in [9.17, 15) is 9.90 Å². The van der Waals surface area contributed by atoms with Crippen molar-refractivity contribution in [1.82, 2.24) is 4.90 Å². The van der Waals surface area contributed by atoms with Crippen molar-refractivity contribution in [2.24, 2.45) is 5.92 Å². The molecule has 4 heteroatoms. The Hall–Kier alpha value is -0.610. The van der Waals surface area contributed by atoms with E-state index >= 15 is 0 Å². The van der Waals surface area contributed by atoms with Crippen LogP contribution in [0.3, 0.4) is 0 Å². The summed E-state index contributed by atoms with van der Waals surface area (Å²) in [6.07, 6.45) is 5.87. The molecule has 0 spiro atoms. The van der Waals surface area contributed by atoms with E-state index in [1.807, 2.05) is 0 Å². The molecule has 2 fully saturated rings. The second-order valence-corrected chi connectivity index (χ2v) is 6.28. The van der Waals surface area contributed by atoms with E-state index in [0.717, 1.165) is 19.3 Å². The highest BCUT2D eigenvalue weighted by Gasteiger charge is 2.52. The molecule has 1 aliphatic heterocycles. The van der Waals surface area contributed by atoms with Gasteiger partial charge in [0.25, 0.3) is 0 Å². The Kier molecular flexibility index (Phi) is 4.51.